The maximum absolute atomic E-state index is 12.5. The van der Waals surface area contributed by atoms with Gasteiger partial charge in [0.25, 0.3) is 0 Å². The van der Waals surface area contributed by atoms with Gasteiger partial charge in [0.2, 0.25) is 5.91 Å². The number of unbranched alkanes of at least 4 members (excludes halogenated alkanes) is 1. The molecule has 1 saturated heterocycles. The number of nitrogens with zero attached hydrogens (tertiary/aromatic N) is 2. The van der Waals surface area contributed by atoms with Crippen LogP contribution in [0, 0.1) is 0 Å². The number of ether oxygens (including phenoxy) is 1. The summed E-state index contributed by atoms with van der Waals surface area (Å²) >= 11 is 6.07. The minimum absolute atomic E-state index is 0.0658. The third-order valence-electron chi connectivity index (χ3n) is 6.37. The summed E-state index contributed by atoms with van der Waals surface area (Å²) in [5, 5.41) is 3.86. The summed E-state index contributed by atoms with van der Waals surface area (Å²) in [7, 11) is 1.73. The molecule has 0 spiro atoms. The van der Waals surface area contributed by atoms with Gasteiger partial charge < -0.3 is 15.0 Å². The SMILES string of the molecule is COc1ccccc1N1CCN(CCCCNC(=O)C2=Cc3ccc(Cl)cc3CC2)CC1. The molecular weight excluding hydrogens is 422 g/mol. The monoisotopic (exact) mass is 453 g/mol. The zero-order chi connectivity index (χ0) is 22.3. The van der Waals surface area contributed by atoms with Crippen molar-refractivity contribution in [2.24, 2.45) is 0 Å². The van der Waals surface area contributed by atoms with E-state index in [4.69, 9.17) is 16.3 Å². The summed E-state index contributed by atoms with van der Waals surface area (Å²) in [5.41, 5.74) is 4.38. The van der Waals surface area contributed by atoms with Gasteiger partial charge in [-0.05, 0) is 73.7 Å². The van der Waals surface area contributed by atoms with Gasteiger partial charge >= 0.3 is 0 Å². The number of methoxy groups -OCH3 is 1. The highest BCUT2D eigenvalue weighted by molar-refractivity contribution is 6.30. The maximum atomic E-state index is 12.5. The van der Waals surface area contributed by atoms with Gasteiger partial charge in [0.1, 0.15) is 5.75 Å². The molecule has 6 heteroatoms. The lowest BCUT2D eigenvalue weighted by molar-refractivity contribution is -0.117. The molecule has 0 atom stereocenters. The lowest BCUT2D eigenvalue weighted by Gasteiger charge is -2.36. The van der Waals surface area contributed by atoms with Crippen LogP contribution in [0.15, 0.2) is 48.0 Å². The lowest BCUT2D eigenvalue weighted by Crippen LogP contribution is -2.46. The van der Waals surface area contributed by atoms with E-state index in [1.165, 1.54) is 11.3 Å². The summed E-state index contributed by atoms with van der Waals surface area (Å²) in [4.78, 5) is 17.4. The van der Waals surface area contributed by atoms with E-state index in [0.717, 1.165) is 86.9 Å². The molecular formula is C26H32ClN3O2. The highest BCUT2D eigenvalue weighted by Crippen LogP contribution is 2.28. The van der Waals surface area contributed by atoms with Gasteiger partial charge in [-0.25, -0.2) is 0 Å². The number of benzene rings is 2. The van der Waals surface area contributed by atoms with E-state index in [2.05, 4.69) is 27.2 Å². The molecule has 5 nitrogen and oxygen atoms in total. The molecule has 4 rings (SSSR count). The summed E-state index contributed by atoms with van der Waals surface area (Å²) in [6, 6.07) is 14.1. The first-order chi connectivity index (χ1) is 15.6. The first kappa shape index (κ1) is 22.7. The molecule has 1 aliphatic carbocycles. The summed E-state index contributed by atoms with van der Waals surface area (Å²) < 4.78 is 5.50. The third-order valence-corrected chi connectivity index (χ3v) is 6.61. The number of anilines is 1. The van der Waals surface area contributed by atoms with Gasteiger partial charge in [0.15, 0.2) is 0 Å². The number of nitrogens with one attached hydrogen (secondary N) is 1. The molecule has 0 bridgehead atoms. The summed E-state index contributed by atoms with van der Waals surface area (Å²) in [5.74, 6) is 1.01. The van der Waals surface area contributed by atoms with E-state index >= 15 is 0 Å². The van der Waals surface area contributed by atoms with Gasteiger partial charge in [0, 0.05) is 43.3 Å². The number of para-hydroxylation sites is 2. The maximum Gasteiger partial charge on any atom is 0.247 e. The van der Waals surface area contributed by atoms with E-state index in [1.807, 2.05) is 36.4 Å². The van der Waals surface area contributed by atoms with Crippen LogP contribution < -0.4 is 15.0 Å². The molecule has 1 fully saturated rings. The molecule has 170 valence electrons. The number of rotatable bonds is 8. The first-order valence-corrected chi connectivity index (χ1v) is 11.9. The fourth-order valence-electron chi connectivity index (χ4n) is 4.52. The molecule has 0 saturated carbocycles. The Morgan fingerprint density at radius 2 is 1.88 bits per heavy atom. The predicted octanol–water partition coefficient (Wildman–Crippen LogP) is 4.40. The molecule has 32 heavy (non-hydrogen) atoms. The summed E-state index contributed by atoms with van der Waals surface area (Å²) in [6.07, 6.45) is 5.74. The molecule has 1 amide bonds. The predicted molar refractivity (Wildman–Crippen MR) is 132 cm³/mol. The number of aryl methyl sites for hydroxylation is 1. The van der Waals surface area contributed by atoms with Crippen molar-refractivity contribution in [2.45, 2.75) is 25.7 Å². The zero-order valence-electron chi connectivity index (χ0n) is 18.8. The van der Waals surface area contributed by atoms with Gasteiger partial charge in [-0.2, -0.15) is 0 Å². The Bertz CT molecular complexity index is 967. The van der Waals surface area contributed by atoms with Crippen molar-refractivity contribution in [2.75, 3.05) is 51.3 Å². The second kappa shape index (κ2) is 10.9. The van der Waals surface area contributed by atoms with Gasteiger partial charge in [0.05, 0.1) is 12.8 Å². The topological polar surface area (TPSA) is 44.8 Å². The Hall–Kier alpha value is -2.50. The van der Waals surface area contributed by atoms with E-state index in [-0.39, 0.29) is 5.91 Å². The molecule has 2 aromatic carbocycles. The van der Waals surface area contributed by atoms with Crippen molar-refractivity contribution in [1.29, 1.82) is 0 Å². The number of carbonyl (C=O) groups excluding carboxylic acids is 1. The number of halogens is 1. The van der Waals surface area contributed by atoms with Crippen LogP contribution in [-0.2, 0) is 11.2 Å². The second-order valence-electron chi connectivity index (χ2n) is 8.48. The highest BCUT2D eigenvalue weighted by Gasteiger charge is 2.19. The van der Waals surface area contributed by atoms with E-state index in [0.29, 0.717) is 0 Å². The van der Waals surface area contributed by atoms with Crippen LogP contribution >= 0.6 is 11.6 Å². The largest absolute Gasteiger partial charge is 0.495 e. The van der Waals surface area contributed by atoms with Crippen LogP contribution in [0.3, 0.4) is 0 Å². The Morgan fingerprint density at radius 3 is 2.69 bits per heavy atom. The average Bonchev–Trinajstić information content (AvgIpc) is 2.83. The van der Waals surface area contributed by atoms with Crippen molar-refractivity contribution >= 4 is 29.3 Å². The lowest BCUT2D eigenvalue weighted by atomic mass is 9.92. The van der Waals surface area contributed by atoms with Crippen LogP contribution in [-0.4, -0.2) is 57.2 Å². The van der Waals surface area contributed by atoms with E-state index in [1.54, 1.807) is 7.11 Å². The zero-order valence-corrected chi connectivity index (χ0v) is 19.5. The fraction of sp³-hybridized carbons (Fsp3) is 0.423. The molecule has 0 unspecified atom stereocenters. The van der Waals surface area contributed by atoms with Crippen molar-refractivity contribution in [1.82, 2.24) is 10.2 Å². The smallest absolute Gasteiger partial charge is 0.247 e. The van der Waals surface area contributed by atoms with Gasteiger partial charge in [-0.15, -0.1) is 0 Å². The molecule has 2 aliphatic rings. The average molecular weight is 454 g/mol. The molecule has 1 aliphatic heterocycles. The van der Waals surface area contributed by atoms with Crippen LogP contribution in [0.4, 0.5) is 5.69 Å². The number of amides is 1. The second-order valence-corrected chi connectivity index (χ2v) is 8.91. The van der Waals surface area contributed by atoms with Crippen molar-refractivity contribution in [3.8, 4) is 5.75 Å². The number of piperazine rings is 1. The fourth-order valence-corrected chi connectivity index (χ4v) is 4.71. The minimum Gasteiger partial charge on any atom is -0.495 e. The van der Waals surface area contributed by atoms with Crippen LogP contribution in [0.25, 0.3) is 6.08 Å². The van der Waals surface area contributed by atoms with Crippen LogP contribution in [0.2, 0.25) is 5.02 Å². The number of hydrogen-bond donors (Lipinski definition) is 1. The normalized spacial score (nSPS) is 16.3. The Labute approximate surface area is 196 Å². The number of hydrogen-bond acceptors (Lipinski definition) is 4. The number of fused-ring (bicyclic) bond motifs is 1. The molecule has 0 aromatic heterocycles. The molecule has 1 heterocycles. The minimum atomic E-state index is 0.0658. The molecule has 1 N–H and O–H groups in total. The summed E-state index contributed by atoms with van der Waals surface area (Å²) in [6.45, 7) is 5.94. The standard InChI is InChI=1S/C26H32ClN3O2/c1-32-25-7-3-2-6-24(25)30-16-14-29(15-17-30)13-5-4-12-28-26(31)22-9-8-21-19-23(27)11-10-20(21)18-22/h2-3,6-7,10-11,18-19H,4-5,8-9,12-17H2,1H3,(H,28,31). The highest BCUT2D eigenvalue weighted by atomic mass is 35.5. The quantitative estimate of drug-likeness (QED) is 0.602. The van der Waals surface area contributed by atoms with E-state index in [9.17, 15) is 4.79 Å². The van der Waals surface area contributed by atoms with Crippen molar-refractivity contribution in [3.05, 3.63) is 64.2 Å². The Balaban J connectivity index is 1.15. The Kier molecular flexibility index (Phi) is 7.72. The van der Waals surface area contributed by atoms with Crippen molar-refractivity contribution < 1.29 is 9.53 Å². The van der Waals surface area contributed by atoms with Crippen LogP contribution in [0.5, 0.6) is 5.75 Å². The van der Waals surface area contributed by atoms with Gasteiger partial charge in [-0.1, -0.05) is 29.8 Å². The molecule has 0 radical (unpaired) electrons. The van der Waals surface area contributed by atoms with Crippen LogP contribution in [0.1, 0.15) is 30.4 Å². The number of carbonyl (C=O) groups is 1. The first-order valence-electron chi connectivity index (χ1n) is 11.5. The van der Waals surface area contributed by atoms with Crippen molar-refractivity contribution in [3.63, 3.8) is 0 Å². The molecule has 2 aromatic rings. The third kappa shape index (κ3) is 5.64. The van der Waals surface area contributed by atoms with Gasteiger partial charge in [-0.3, -0.25) is 9.69 Å². The Morgan fingerprint density at radius 1 is 1.06 bits per heavy atom. The van der Waals surface area contributed by atoms with E-state index < -0.39 is 0 Å².